The number of aliphatic hydroxyl groups excluding tert-OH is 1. The summed E-state index contributed by atoms with van der Waals surface area (Å²) in [7, 11) is 0. The van der Waals surface area contributed by atoms with Crippen molar-refractivity contribution in [2.24, 2.45) is 0 Å². The van der Waals surface area contributed by atoms with Gasteiger partial charge >= 0.3 is 0 Å². The molecule has 0 aliphatic carbocycles. The molecule has 1 aromatic heterocycles. The summed E-state index contributed by atoms with van der Waals surface area (Å²) in [6, 6.07) is 15.9. The number of aryl methyl sites for hydroxylation is 1. The Morgan fingerprint density at radius 2 is 1.84 bits per heavy atom. The summed E-state index contributed by atoms with van der Waals surface area (Å²) in [5.74, 6) is 0.262. The van der Waals surface area contributed by atoms with E-state index < -0.39 is 6.04 Å². The molecule has 6 nitrogen and oxygen atoms in total. The number of aromatic nitrogens is 2. The molecule has 6 heteroatoms. The highest BCUT2D eigenvalue weighted by atomic mass is 16.3. The Balaban J connectivity index is 1.65. The molecule has 0 saturated heterocycles. The van der Waals surface area contributed by atoms with Crippen molar-refractivity contribution in [2.75, 3.05) is 6.61 Å². The Morgan fingerprint density at radius 1 is 1.12 bits per heavy atom. The number of aromatic amines is 1. The van der Waals surface area contributed by atoms with E-state index in [1.807, 2.05) is 36.4 Å². The van der Waals surface area contributed by atoms with E-state index in [4.69, 9.17) is 0 Å². The van der Waals surface area contributed by atoms with E-state index in [0.29, 0.717) is 23.1 Å². The fourth-order valence-electron chi connectivity index (χ4n) is 2.67. The third-order valence-electron chi connectivity index (χ3n) is 3.97. The largest absolute Gasteiger partial charge is 0.394 e. The SMILES string of the molecule is O=C(CCc1nc2ccccc2c(=O)[nH]1)N[C@H](CO)c1ccccc1. The first-order chi connectivity index (χ1) is 12.2. The Labute approximate surface area is 144 Å². The van der Waals surface area contributed by atoms with Crippen LogP contribution in [0.1, 0.15) is 23.9 Å². The maximum Gasteiger partial charge on any atom is 0.258 e. The molecule has 0 unspecified atom stereocenters. The van der Waals surface area contributed by atoms with Crippen molar-refractivity contribution in [1.29, 1.82) is 0 Å². The van der Waals surface area contributed by atoms with Crippen molar-refractivity contribution in [3.8, 4) is 0 Å². The number of hydrogen-bond acceptors (Lipinski definition) is 4. The summed E-state index contributed by atoms with van der Waals surface area (Å²) in [4.78, 5) is 31.3. The smallest absolute Gasteiger partial charge is 0.258 e. The number of carbonyl (C=O) groups excluding carboxylic acids is 1. The van der Waals surface area contributed by atoms with Crippen LogP contribution < -0.4 is 10.9 Å². The fraction of sp³-hybridized carbons (Fsp3) is 0.211. The van der Waals surface area contributed by atoms with E-state index in [2.05, 4.69) is 15.3 Å². The first-order valence-corrected chi connectivity index (χ1v) is 8.10. The highest BCUT2D eigenvalue weighted by Crippen LogP contribution is 2.12. The molecular weight excluding hydrogens is 318 g/mol. The minimum atomic E-state index is -0.447. The third-order valence-corrected chi connectivity index (χ3v) is 3.97. The van der Waals surface area contributed by atoms with Gasteiger partial charge in [0.25, 0.3) is 5.56 Å². The molecule has 0 aliphatic rings. The molecular formula is C19H19N3O3. The summed E-state index contributed by atoms with van der Waals surface area (Å²) >= 11 is 0. The normalized spacial score (nSPS) is 12.0. The second kappa shape index (κ2) is 7.72. The summed E-state index contributed by atoms with van der Waals surface area (Å²) < 4.78 is 0. The van der Waals surface area contributed by atoms with Crippen LogP contribution in [-0.4, -0.2) is 27.6 Å². The third kappa shape index (κ3) is 4.10. The Kier molecular flexibility index (Phi) is 5.20. The molecule has 0 aliphatic heterocycles. The van der Waals surface area contributed by atoms with Crippen molar-refractivity contribution in [3.05, 3.63) is 76.3 Å². The monoisotopic (exact) mass is 337 g/mol. The molecule has 0 radical (unpaired) electrons. The molecule has 1 amide bonds. The van der Waals surface area contributed by atoms with Gasteiger partial charge in [-0.15, -0.1) is 0 Å². The molecule has 0 spiro atoms. The van der Waals surface area contributed by atoms with Crippen LogP contribution in [0.3, 0.4) is 0 Å². The van der Waals surface area contributed by atoms with E-state index in [1.54, 1.807) is 18.2 Å². The van der Waals surface area contributed by atoms with E-state index >= 15 is 0 Å². The van der Waals surface area contributed by atoms with Gasteiger partial charge in [0, 0.05) is 12.8 Å². The van der Waals surface area contributed by atoms with Crippen LogP contribution in [0, 0.1) is 0 Å². The van der Waals surface area contributed by atoms with Gasteiger partial charge in [-0.25, -0.2) is 4.98 Å². The van der Waals surface area contributed by atoms with E-state index in [-0.39, 0.29) is 24.5 Å². The van der Waals surface area contributed by atoms with E-state index in [0.717, 1.165) is 5.56 Å². The number of amides is 1. The van der Waals surface area contributed by atoms with E-state index in [1.165, 1.54) is 0 Å². The lowest BCUT2D eigenvalue weighted by molar-refractivity contribution is -0.122. The summed E-state index contributed by atoms with van der Waals surface area (Å²) in [6.45, 7) is -0.180. The van der Waals surface area contributed by atoms with Crippen LogP contribution in [0.25, 0.3) is 10.9 Å². The lowest BCUT2D eigenvalue weighted by Crippen LogP contribution is -2.31. The maximum absolute atomic E-state index is 12.2. The molecule has 3 rings (SSSR count). The number of nitrogens with zero attached hydrogens (tertiary/aromatic N) is 1. The number of carbonyl (C=O) groups is 1. The van der Waals surface area contributed by atoms with Gasteiger partial charge in [0.05, 0.1) is 23.6 Å². The van der Waals surface area contributed by atoms with Gasteiger partial charge in [-0.1, -0.05) is 42.5 Å². The lowest BCUT2D eigenvalue weighted by atomic mass is 10.1. The van der Waals surface area contributed by atoms with Crippen molar-refractivity contribution >= 4 is 16.8 Å². The highest BCUT2D eigenvalue weighted by Gasteiger charge is 2.14. The molecule has 0 bridgehead atoms. The van der Waals surface area contributed by atoms with Crippen molar-refractivity contribution in [3.63, 3.8) is 0 Å². The zero-order valence-corrected chi connectivity index (χ0v) is 13.6. The number of rotatable bonds is 6. The molecule has 25 heavy (non-hydrogen) atoms. The average Bonchev–Trinajstić information content (AvgIpc) is 2.65. The van der Waals surface area contributed by atoms with Crippen molar-refractivity contribution in [2.45, 2.75) is 18.9 Å². The van der Waals surface area contributed by atoms with Crippen molar-refractivity contribution < 1.29 is 9.90 Å². The van der Waals surface area contributed by atoms with Crippen LogP contribution in [0.5, 0.6) is 0 Å². The number of aliphatic hydroxyl groups is 1. The first kappa shape index (κ1) is 16.9. The molecule has 3 N–H and O–H groups in total. The van der Waals surface area contributed by atoms with Crippen LogP contribution >= 0.6 is 0 Å². The van der Waals surface area contributed by atoms with Gasteiger partial charge < -0.3 is 15.4 Å². The topological polar surface area (TPSA) is 95.1 Å². The quantitative estimate of drug-likeness (QED) is 0.638. The molecule has 0 fully saturated rings. The van der Waals surface area contributed by atoms with Gasteiger partial charge in [0.1, 0.15) is 5.82 Å². The standard InChI is InChI=1S/C19H19N3O3/c23-12-16(13-6-2-1-3-7-13)21-18(24)11-10-17-20-15-9-5-4-8-14(15)19(25)22-17/h1-9,16,23H,10-12H2,(H,21,24)(H,20,22,25)/t16-/m1/s1. The molecule has 1 atom stereocenters. The zero-order valence-electron chi connectivity index (χ0n) is 13.6. The Bertz CT molecular complexity index is 922. The maximum atomic E-state index is 12.2. The zero-order chi connectivity index (χ0) is 17.6. The highest BCUT2D eigenvalue weighted by molar-refractivity contribution is 5.78. The van der Waals surface area contributed by atoms with Crippen LogP contribution in [-0.2, 0) is 11.2 Å². The van der Waals surface area contributed by atoms with Gasteiger partial charge in [0.2, 0.25) is 5.91 Å². The minimum absolute atomic E-state index is 0.171. The van der Waals surface area contributed by atoms with Gasteiger partial charge in [-0.2, -0.15) is 0 Å². The molecule has 1 heterocycles. The second-order valence-electron chi connectivity index (χ2n) is 5.74. The van der Waals surface area contributed by atoms with Crippen LogP contribution in [0.15, 0.2) is 59.4 Å². The number of hydrogen-bond donors (Lipinski definition) is 3. The van der Waals surface area contributed by atoms with Crippen LogP contribution in [0.2, 0.25) is 0 Å². The summed E-state index contributed by atoms with van der Waals surface area (Å²) in [5.41, 5.74) is 1.24. The Hall–Kier alpha value is -2.99. The summed E-state index contributed by atoms with van der Waals surface area (Å²) in [6.07, 6.45) is 0.490. The summed E-state index contributed by atoms with van der Waals surface area (Å²) in [5, 5.41) is 12.8. The van der Waals surface area contributed by atoms with Crippen molar-refractivity contribution in [1.82, 2.24) is 15.3 Å². The number of para-hydroxylation sites is 1. The molecule has 3 aromatic rings. The molecule has 2 aromatic carbocycles. The first-order valence-electron chi connectivity index (χ1n) is 8.10. The number of benzene rings is 2. The average molecular weight is 337 g/mol. The predicted octanol–water partition coefficient (Wildman–Crippen LogP) is 1.71. The van der Waals surface area contributed by atoms with Gasteiger partial charge in [-0.05, 0) is 17.7 Å². The van der Waals surface area contributed by atoms with Gasteiger partial charge in [-0.3, -0.25) is 9.59 Å². The lowest BCUT2D eigenvalue weighted by Gasteiger charge is -2.16. The predicted molar refractivity (Wildman–Crippen MR) is 95.1 cm³/mol. The Morgan fingerprint density at radius 3 is 2.60 bits per heavy atom. The second-order valence-corrected chi connectivity index (χ2v) is 5.74. The minimum Gasteiger partial charge on any atom is -0.394 e. The van der Waals surface area contributed by atoms with E-state index in [9.17, 15) is 14.7 Å². The fourth-order valence-corrected chi connectivity index (χ4v) is 2.67. The number of fused-ring (bicyclic) bond motifs is 1. The number of nitrogens with one attached hydrogen (secondary N) is 2. The van der Waals surface area contributed by atoms with Crippen LogP contribution in [0.4, 0.5) is 0 Å². The molecule has 0 saturated carbocycles. The molecule has 128 valence electrons. The van der Waals surface area contributed by atoms with Gasteiger partial charge in [0.15, 0.2) is 0 Å². The number of H-pyrrole nitrogens is 1.